The molecule has 106 valence electrons. The summed E-state index contributed by atoms with van der Waals surface area (Å²) in [6, 6.07) is 9.04. The Kier molecular flexibility index (Phi) is 4.19. The summed E-state index contributed by atoms with van der Waals surface area (Å²) in [6.07, 6.45) is 0. The van der Waals surface area contributed by atoms with Crippen molar-refractivity contribution in [3.8, 4) is 11.7 Å². The third-order valence-corrected chi connectivity index (χ3v) is 2.79. The molecule has 1 heterocycles. The molecule has 0 saturated heterocycles. The van der Waals surface area contributed by atoms with E-state index in [4.69, 9.17) is 4.74 Å². The normalized spacial score (nSPS) is 10.3. The minimum absolute atomic E-state index is 0.0936. The number of ether oxygens (including phenoxy) is 1. The zero-order chi connectivity index (χ0) is 14.5. The lowest BCUT2D eigenvalue weighted by molar-refractivity contribution is -0.746. The van der Waals surface area contributed by atoms with Gasteiger partial charge in [0.1, 0.15) is 12.3 Å². The van der Waals surface area contributed by atoms with Gasteiger partial charge in [0.05, 0.1) is 5.27 Å². The molecule has 2 rings (SSSR count). The van der Waals surface area contributed by atoms with Gasteiger partial charge in [-0.25, -0.2) is 0 Å². The SMILES string of the molecule is CN(Cc1c([O-])on[n+]1C)C(=O)COc1ccccc1. The van der Waals surface area contributed by atoms with Gasteiger partial charge in [-0.2, -0.15) is 0 Å². The van der Waals surface area contributed by atoms with Crippen LogP contribution in [0.4, 0.5) is 0 Å². The van der Waals surface area contributed by atoms with Gasteiger partial charge in [0.15, 0.2) is 19.6 Å². The first kappa shape index (κ1) is 13.9. The summed E-state index contributed by atoms with van der Waals surface area (Å²) in [4.78, 5) is 13.3. The quantitative estimate of drug-likeness (QED) is 0.695. The molecule has 7 nitrogen and oxygen atoms in total. The number of nitrogens with zero attached hydrogens (tertiary/aromatic N) is 3. The Morgan fingerprint density at radius 2 is 2.15 bits per heavy atom. The first-order valence-corrected chi connectivity index (χ1v) is 6.01. The monoisotopic (exact) mass is 277 g/mol. The molecule has 0 aliphatic heterocycles. The van der Waals surface area contributed by atoms with Gasteiger partial charge >= 0.3 is 0 Å². The smallest absolute Gasteiger partial charge is 0.260 e. The molecule has 0 unspecified atom stereocenters. The summed E-state index contributed by atoms with van der Waals surface area (Å²) >= 11 is 0. The van der Waals surface area contributed by atoms with E-state index < -0.39 is 5.95 Å². The number of amides is 1. The fourth-order valence-corrected chi connectivity index (χ4v) is 1.58. The third kappa shape index (κ3) is 3.25. The lowest BCUT2D eigenvalue weighted by Crippen LogP contribution is -2.39. The Balaban J connectivity index is 1.89. The molecular weight excluding hydrogens is 262 g/mol. The lowest BCUT2D eigenvalue weighted by atomic mass is 10.3. The van der Waals surface area contributed by atoms with Gasteiger partial charge in [-0.3, -0.25) is 4.79 Å². The van der Waals surface area contributed by atoms with Crippen LogP contribution in [-0.4, -0.2) is 29.7 Å². The summed E-state index contributed by atoms with van der Waals surface area (Å²) in [5.41, 5.74) is 0.306. The number of aromatic nitrogens is 2. The number of aryl methyl sites for hydroxylation is 1. The second kappa shape index (κ2) is 6.05. The van der Waals surface area contributed by atoms with Gasteiger partial charge in [0.25, 0.3) is 11.6 Å². The van der Waals surface area contributed by atoms with E-state index in [1.165, 1.54) is 9.58 Å². The zero-order valence-electron chi connectivity index (χ0n) is 11.3. The number of hydrogen-bond donors (Lipinski definition) is 0. The van der Waals surface area contributed by atoms with Crippen LogP contribution in [0, 0.1) is 0 Å². The van der Waals surface area contributed by atoms with Gasteiger partial charge in [0.2, 0.25) is 0 Å². The molecule has 0 aliphatic carbocycles. The molecule has 1 aromatic carbocycles. The van der Waals surface area contributed by atoms with E-state index >= 15 is 0 Å². The average Bonchev–Trinajstić information content (AvgIpc) is 2.77. The van der Waals surface area contributed by atoms with E-state index in [0.717, 1.165) is 0 Å². The predicted molar refractivity (Wildman–Crippen MR) is 65.5 cm³/mol. The van der Waals surface area contributed by atoms with Gasteiger partial charge in [-0.15, -0.1) is 0 Å². The second-order valence-corrected chi connectivity index (χ2v) is 4.28. The van der Waals surface area contributed by atoms with Crippen molar-refractivity contribution in [3.05, 3.63) is 36.0 Å². The van der Waals surface area contributed by atoms with E-state index in [1.54, 1.807) is 26.2 Å². The topological polar surface area (TPSA) is 82.5 Å². The van der Waals surface area contributed by atoms with Crippen molar-refractivity contribution in [2.45, 2.75) is 6.54 Å². The summed E-state index contributed by atoms with van der Waals surface area (Å²) in [5.74, 6) is -0.167. The van der Waals surface area contributed by atoms with Crippen LogP contribution in [0.2, 0.25) is 0 Å². The van der Waals surface area contributed by atoms with E-state index in [0.29, 0.717) is 11.4 Å². The summed E-state index contributed by atoms with van der Waals surface area (Å²) in [7, 11) is 3.17. The van der Waals surface area contributed by atoms with Crippen LogP contribution in [0.1, 0.15) is 5.69 Å². The first-order valence-electron chi connectivity index (χ1n) is 6.01. The number of rotatable bonds is 5. The zero-order valence-corrected chi connectivity index (χ0v) is 11.3. The Hall–Kier alpha value is -2.57. The molecule has 20 heavy (non-hydrogen) atoms. The molecule has 0 spiro atoms. The van der Waals surface area contributed by atoms with Crippen molar-refractivity contribution in [1.29, 1.82) is 0 Å². The summed E-state index contributed by atoms with van der Waals surface area (Å²) < 4.78 is 11.2. The highest BCUT2D eigenvalue weighted by Crippen LogP contribution is 2.10. The molecule has 1 amide bonds. The number of carbonyl (C=O) groups is 1. The van der Waals surface area contributed by atoms with E-state index in [1.807, 2.05) is 18.2 Å². The fourth-order valence-electron chi connectivity index (χ4n) is 1.58. The third-order valence-electron chi connectivity index (χ3n) is 2.79. The number of benzene rings is 1. The van der Waals surface area contributed by atoms with Crippen LogP contribution < -0.4 is 14.5 Å². The van der Waals surface area contributed by atoms with E-state index in [-0.39, 0.29) is 19.1 Å². The van der Waals surface area contributed by atoms with Crippen molar-refractivity contribution in [2.24, 2.45) is 7.05 Å². The molecule has 0 aliphatic rings. The molecule has 7 heteroatoms. The highest BCUT2D eigenvalue weighted by molar-refractivity contribution is 5.77. The number of likely N-dealkylation sites (N-methyl/N-ethyl adjacent to an activating group) is 1. The minimum atomic E-state index is -0.545. The number of carbonyl (C=O) groups excluding carboxylic acids is 1. The molecule has 0 fully saturated rings. The van der Waals surface area contributed by atoms with Gasteiger partial charge in [-0.1, -0.05) is 22.9 Å². The molecule has 1 aromatic heterocycles. The first-order chi connectivity index (χ1) is 9.58. The van der Waals surface area contributed by atoms with Crippen molar-refractivity contribution in [2.75, 3.05) is 13.7 Å². The van der Waals surface area contributed by atoms with Crippen molar-refractivity contribution in [1.82, 2.24) is 10.2 Å². The van der Waals surface area contributed by atoms with Gasteiger partial charge < -0.3 is 19.3 Å². The number of hydrogen-bond acceptors (Lipinski definition) is 5. The Morgan fingerprint density at radius 1 is 1.45 bits per heavy atom. The average molecular weight is 277 g/mol. The van der Waals surface area contributed by atoms with Crippen molar-refractivity contribution >= 4 is 5.91 Å². The largest absolute Gasteiger partial charge is 0.539 e. The molecule has 0 bridgehead atoms. The lowest BCUT2D eigenvalue weighted by Gasteiger charge is -2.15. The van der Waals surface area contributed by atoms with E-state index in [2.05, 4.69) is 9.79 Å². The maximum absolute atomic E-state index is 11.9. The molecule has 0 N–H and O–H groups in total. The second-order valence-electron chi connectivity index (χ2n) is 4.28. The van der Waals surface area contributed by atoms with Crippen LogP contribution in [0.15, 0.2) is 34.9 Å². The van der Waals surface area contributed by atoms with Crippen LogP contribution in [0.5, 0.6) is 11.7 Å². The van der Waals surface area contributed by atoms with Crippen molar-refractivity contribution in [3.63, 3.8) is 0 Å². The predicted octanol–water partition coefficient (Wildman–Crippen LogP) is -0.390. The molecular formula is C13H15N3O4. The highest BCUT2D eigenvalue weighted by atomic mass is 16.6. The van der Waals surface area contributed by atoms with Gasteiger partial charge in [0, 0.05) is 7.05 Å². The Labute approximate surface area is 116 Å². The highest BCUT2D eigenvalue weighted by Gasteiger charge is 2.19. The van der Waals surface area contributed by atoms with E-state index in [9.17, 15) is 9.90 Å². The van der Waals surface area contributed by atoms with Crippen LogP contribution in [0.3, 0.4) is 0 Å². The van der Waals surface area contributed by atoms with Crippen LogP contribution in [-0.2, 0) is 18.4 Å². The molecule has 0 saturated carbocycles. The van der Waals surface area contributed by atoms with Crippen LogP contribution >= 0.6 is 0 Å². The summed E-state index contributed by atoms with van der Waals surface area (Å²) in [5, 5.41) is 14.8. The maximum atomic E-state index is 11.9. The van der Waals surface area contributed by atoms with Gasteiger partial charge in [-0.05, 0) is 12.1 Å². The minimum Gasteiger partial charge on any atom is -0.539 e. The molecule has 0 atom stereocenters. The molecule has 0 radical (unpaired) electrons. The van der Waals surface area contributed by atoms with Crippen LogP contribution in [0.25, 0.3) is 0 Å². The maximum Gasteiger partial charge on any atom is 0.260 e. The molecule has 2 aromatic rings. The standard InChI is InChI=1S/C13H15N3O4/c1-15(8-11-13(18)20-14-16(11)2)12(17)9-19-10-6-4-3-5-7-10/h3-7H,8-9H2,1-2H3. The summed E-state index contributed by atoms with van der Waals surface area (Å²) in [6.45, 7) is 0.0273. The Morgan fingerprint density at radius 3 is 2.75 bits per heavy atom. The Bertz CT molecular complexity index is 563. The van der Waals surface area contributed by atoms with Crippen molar-refractivity contribution < 1.29 is 23.8 Å². The fraction of sp³-hybridized carbons (Fsp3) is 0.308. The number of para-hydroxylation sites is 1.